The Labute approximate surface area is 201 Å². The smallest absolute Gasteiger partial charge is 0.275 e. The maximum Gasteiger partial charge on any atom is 0.275 e. The molecule has 0 bridgehead atoms. The molecule has 9 heteroatoms. The number of carbonyl (C=O) groups is 1. The number of benzene rings is 2. The Morgan fingerprint density at radius 2 is 1.85 bits per heavy atom. The van der Waals surface area contributed by atoms with Crippen LogP contribution in [0.15, 0.2) is 52.1 Å². The van der Waals surface area contributed by atoms with Gasteiger partial charge in [0.25, 0.3) is 17.0 Å². The Balaban J connectivity index is 1.78. The summed E-state index contributed by atoms with van der Waals surface area (Å²) in [4.78, 5) is 48.1. The van der Waals surface area contributed by atoms with Gasteiger partial charge in [0.1, 0.15) is 5.82 Å². The van der Waals surface area contributed by atoms with Crippen LogP contribution in [0.3, 0.4) is 0 Å². The number of rotatable bonds is 7. The fourth-order valence-electron chi connectivity index (χ4n) is 3.95. The zero-order chi connectivity index (χ0) is 24.4. The van der Waals surface area contributed by atoms with Gasteiger partial charge in [0.2, 0.25) is 0 Å². The Kier molecular flexibility index (Phi) is 6.79. The third-order valence-corrected chi connectivity index (χ3v) is 5.68. The van der Waals surface area contributed by atoms with Gasteiger partial charge in [0, 0.05) is 23.5 Å². The molecule has 8 nitrogen and oxygen atoms in total. The summed E-state index contributed by atoms with van der Waals surface area (Å²) in [5.74, 6) is 0.200. The van der Waals surface area contributed by atoms with Crippen molar-refractivity contribution in [2.24, 2.45) is 5.92 Å². The second-order valence-corrected chi connectivity index (χ2v) is 9.11. The van der Waals surface area contributed by atoms with Gasteiger partial charge in [-0.2, -0.15) is 5.10 Å². The number of aromatic nitrogens is 4. The molecular formula is C25H26ClN5O3. The van der Waals surface area contributed by atoms with E-state index in [4.69, 9.17) is 11.6 Å². The molecule has 1 amide bonds. The molecule has 0 aliphatic rings. The fourth-order valence-corrected chi connectivity index (χ4v) is 4.12. The molecule has 0 saturated carbocycles. The first-order valence-electron chi connectivity index (χ1n) is 11.3. The summed E-state index contributed by atoms with van der Waals surface area (Å²) < 4.78 is 1.36. The monoisotopic (exact) mass is 479 g/mol. The first kappa shape index (κ1) is 23.6. The number of hydrogen-bond donors (Lipinski definition) is 1. The van der Waals surface area contributed by atoms with E-state index in [2.05, 4.69) is 15.1 Å². The third-order valence-electron chi connectivity index (χ3n) is 5.45. The molecule has 4 rings (SSSR count). The molecule has 0 atom stereocenters. The number of H-pyrrole nitrogens is 1. The first-order chi connectivity index (χ1) is 16.3. The highest BCUT2D eigenvalue weighted by atomic mass is 35.5. The van der Waals surface area contributed by atoms with Crippen LogP contribution in [0.2, 0.25) is 5.02 Å². The van der Waals surface area contributed by atoms with Crippen molar-refractivity contribution in [1.29, 1.82) is 0 Å². The average Bonchev–Trinajstić information content (AvgIpc) is 2.79. The van der Waals surface area contributed by atoms with E-state index in [1.54, 1.807) is 47.4 Å². The van der Waals surface area contributed by atoms with Gasteiger partial charge in [-0.25, -0.2) is 9.67 Å². The molecular weight excluding hydrogens is 454 g/mol. The quantitative estimate of drug-likeness (QED) is 0.432. The second kappa shape index (κ2) is 9.77. The lowest BCUT2D eigenvalue weighted by Gasteiger charge is -2.22. The van der Waals surface area contributed by atoms with E-state index in [0.29, 0.717) is 52.0 Å². The highest BCUT2D eigenvalue weighted by Crippen LogP contribution is 2.18. The lowest BCUT2D eigenvalue weighted by Crippen LogP contribution is -2.36. The topological polar surface area (TPSA) is 101 Å². The molecule has 1 N–H and O–H groups in total. The van der Waals surface area contributed by atoms with Crippen molar-refractivity contribution in [1.82, 2.24) is 24.6 Å². The van der Waals surface area contributed by atoms with Gasteiger partial charge in [0.15, 0.2) is 5.69 Å². The number of nitrogens with zero attached hydrogens (tertiary/aromatic N) is 4. The van der Waals surface area contributed by atoms with Crippen molar-refractivity contribution in [3.63, 3.8) is 0 Å². The zero-order valence-corrected chi connectivity index (χ0v) is 20.1. The Morgan fingerprint density at radius 1 is 1.12 bits per heavy atom. The molecule has 0 spiro atoms. The number of aromatic amines is 1. The number of fused-ring (bicyclic) bond motifs is 2. The van der Waals surface area contributed by atoms with E-state index in [1.807, 2.05) is 20.8 Å². The van der Waals surface area contributed by atoms with Crippen LogP contribution in [-0.4, -0.2) is 37.1 Å². The molecule has 2 heterocycles. The van der Waals surface area contributed by atoms with Crippen LogP contribution in [0, 0.1) is 5.92 Å². The summed E-state index contributed by atoms with van der Waals surface area (Å²) in [5, 5.41) is 6.32. The van der Waals surface area contributed by atoms with E-state index in [-0.39, 0.29) is 35.2 Å². The van der Waals surface area contributed by atoms with Crippen LogP contribution in [0.1, 0.15) is 43.5 Å². The van der Waals surface area contributed by atoms with Crippen LogP contribution in [0.4, 0.5) is 0 Å². The molecule has 0 aliphatic carbocycles. The van der Waals surface area contributed by atoms with E-state index in [0.717, 1.165) is 0 Å². The van der Waals surface area contributed by atoms with Crippen LogP contribution < -0.4 is 11.1 Å². The van der Waals surface area contributed by atoms with Crippen molar-refractivity contribution in [3.05, 3.63) is 79.7 Å². The normalized spacial score (nSPS) is 11.4. The Bertz CT molecular complexity index is 1490. The standard InChI is InChI=1S/C25H26ClN5O3/c1-4-11-30(14-21-27-20-12-16(26)9-10-19(20)23(32)28-21)25(34)22-17-7-5-6-8-18(17)24(33)31(29-22)13-15(2)3/h5-10,12,15H,4,11,13-14H2,1-3H3,(H,27,28,32). The van der Waals surface area contributed by atoms with Gasteiger partial charge in [-0.15, -0.1) is 0 Å². The molecule has 4 aromatic rings. The van der Waals surface area contributed by atoms with Gasteiger partial charge in [-0.05, 0) is 36.6 Å². The zero-order valence-electron chi connectivity index (χ0n) is 19.3. The molecule has 2 aromatic carbocycles. The summed E-state index contributed by atoms with van der Waals surface area (Å²) in [6.07, 6.45) is 0.693. The molecule has 0 unspecified atom stereocenters. The fraction of sp³-hybridized carbons (Fsp3) is 0.320. The average molecular weight is 480 g/mol. The SMILES string of the molecule is CCCN(Cc1nc2cc(Cl)ccc2c(=O)[nH]1)C(=O)c1nn(CC(C)C)c(=O)c2ccccc12. The summed E-state index contributed by atoms with van der Waals surface area (Å²) >= 11 is 6.08. The summed E-state index contributed by atoms with van der Waals surface area (Å²) in [6.45, 7) is 6.85. The lowest BCUT2D eigenvalue weighted by atomic mass is 10.1. The van der Waals surface area contributed by atoms with Gasteiger partial charge in [0.05, 0.1) is 22.8 Å². The highest BCUT2D eigenvalue weighted by Gasteiger charge is 2.23. The number of hydrogen-bond acceptors (Lipinski definition) is 5. The number of amides is 1. The molecule has 2 aromatic heterocycles. The van der Waals surface area contributed by atoms with Gasteiger partial charge < -0.3 is 9.88 Å². The van der Waals surface area contributed by atoms with Gasteiger partial charge in [-0.1, -0.05) is 50.6 Å². The Hall–Kier alpha value is -3.52. The summed E-state index contributed by atoms with van der Waals surface area (Å²) in [7, 11) is 0. The van der Waals surface area contributed by atoms with E-state index in [9.17, 15) is 14.4 Å². The number of nitrogens with one attached hydrogen (secondary N) is 1. The minimum Gasteiger partial charge on any atom is -0.330 e. The van der Waals surface area contributed by atoms with Crippen LogP contribution in [-0.2, 0) is 13.1 Å². The molecule has 0 aliphatic heterocycles. The molecule has 34 heavy (non-hydrogen) atoms. The maximum atomic E-state index is 13.7. The van der Waals surface area contributed by atoms with Crippen molar-refractivity contribution < 1.29 is 4.79 Å². The number of carbonyl (C=O) groups excluding carboxylic acids is 1. The number of halogens is 1. The highest BCUT2D eigenvalue weighted by molar-refractivity contribution is 6.31. The van der Waals surface area contributed by atoms with Crippen molar-refractivity contribution >= 4 is 39.2 Å². The minimum absolute atomic E-state index is 0.0870. The lowest BCUT2D eigenvalue weighted by molar-refractivity contribution is 0.0732. The molecule has 0 fully saturated rings. The minimum atomic E-state index is -0.329. The largest absolute Gasteiger partial charge is 0.330 e. The predicted molar refractivity (Wildman–Crippen MR) is 133 cm³/mol. The van der Waals surface area contributed by atoms with E-state index >= 15 is 0 Å². The van der Waals surface area contributed by atoms with E-state index in [1.165, 1.54) is 4.68 Å². The molecule has 0 radical (unpaired) electrons. The van der Waals surface area contributed by atoms with Crippen LogP contribution in [0.25, 0.3) is 21.7 Å². The first-order valence-corrected chi connectivity index (χ1v) is 11.6. The summed E-state index contributed by atoms with van der Waals surface area (Å²) in [6, 6.07) is 11.9. The van der Waals surface area contributed by atoms with Crippen molar-refractivity contribution in [2.45, 2.75) is 40.3 Å². The van der Waals surface area contributed by atoms with Gasteiger partial charge in [-0.3, -0.25) is 14.4 Å². The van der Waals surface area contributed by atoms with Gasteiger partial charge >= 0.3 is 0 Å². The Morgan fingerprint density at radius 3 is 2.56 bits per heavy atom. The maximum absolute atomic E-state index is 13.7. The molecule has 0 saturated heterocycles. The predicted octanol–water partition coefficient (Wildman–Crippen LogP) is 3.99. The van der Waals surface area contributed by atoms with E-state index < -0.39 is 0 Å². The second-order valence-electron chi connectivity index (χ2n) is 8.68. The van der Waals surface area contributed by atoms with Crippen molar-refractivity contribution in [3.8, 4) is 0 Å². The van der Waals surface area contributed by atoms with Crippen LogP contribution >= 0.6 is 11.6 Å². The van der Waals surface area contributed by atoms with Crippen LogP contribution in [0.5, 0.6) is 0 Å². The summed E-state index contributed by atoms with van der Waals surface area (Å²) in [5.41, 5.74) is 0.148. The van der Waals surface area contributed by atoms with Crippen molar-refractivity contribution in [2.75, 3.05) is 6.54 Å². The molecule has 176 valence electrons. The third kappa shape index (κ3) is 4.72.